The van der Waals surface area contributed by atoms with Crippen molar-refractivity contribution in [1.82, 2.24) is 15.0 Å². The molecule has 6 heteroatoms. The van der Waals surface area contributed by atoms with Crippen LogP contribution in [0.15, 0.2) is 101 Å². The van der Waals surface area contributed by atoms with Crippen molar-refractivity contribution in [3.63, 3.8) is 0 Å². The lowest BCUT2D eigenvalue weighted by Gasteiger charge is -2.18. The second kappa shape index (κ2) is 9.66. The standard InChI is InChI=1S/C26H22N4O2/c1-19(25(31)29-27-18-10-13-20-11-4-2-5-12-20)30-24(21-14-6-3-7-15-21)28-23-17-9-8-16-22(23)26(30)32/h2-19H,1H3,(H,29,31)/b13-10+,27-18-/t19-/m1/s1. The maximum Gasteiger partial charge on any atom is 0.263 e. The number of carbonyl (C=O) groups is 1. The molecule has 0 unspecified atom stereocenters. The molecule has 0 spiro atoms. The van der Waals surface area contributed by atoms with Crippen molar-refractivity contribution >= 4 is 29.1 Å². The first-order valence-electron chi connectivity index (χ1n) is 10.3. The number of para-hydroxylation sites is 1. The smallest absolute Gasteiger partial charge is 0.263 e. The van der Waals surface area contributed by atoms with Crippen LogP contribution in [-0.2, 0) is 4.79 Å². The van der Waals surface area contributed by atoms with E-state index in [0.717, 1.165) is 11.1 Å². The number of nitrogens with one attached hydrogen (secondary N) is 1. The predicted molar refractivity (Wildman–Crippen MR) is 128 cm³/mol. The zero-order chi connectivity index (χ0) is 22.3. The van der Waals surface area contributed by atoms with E-state index in [1.54, 1.807) is 31.2 Å². The number of aromatic nitrogens is 2. The summed E-state index contributed by atoms with van der Waals surface area (Å²) in [4.78, 5) is 30.8. The third-order valence-electron chi connectivity index (χ3n) is 5.03. The number of amides is 1. The van der Waals surface area contributed by atoms with Crippen LogP contribution in [0.4, 0.5) is 0 Å². The third-order valence-corrected chi connectivity index (χ3v) is 5.03. The number of hydrazone groups is 1. The summed E-state index contributed by atoms with van der Waals surface area (Å²) in [5, 5.41) is 4.44. The summed E-state index contributed by atoms with van der Waals surface area (Å²) in [5.41, 5.74) is 4.61. The van der Waals surface area contributed by atoms with Crippen molar-refractivity contribution in [2.75, 3.05) is 0 Å². The van der Waals surface area contributed by atoms with Gasteiger partial charge in [0.05, 0.1) is 10.9 Å². The van der Waals surface area contributed by atoms with Crippen molar-refractivity contribution in [1.29, 1.82) is 0 Å². The van der Waals surface area contributed by atoms with Crippen LogP contribution in [0, 0.1) is 0 Å². The Bertz CT molecular complexity index is 1340. The maximum atomic E-state index is 13.3. The molecular formula is C26H22N4O2. The molecule has 1 atom stereocenters. The number of hydrogen-bond acceptors (Lipinski definition) is 4. The van der Waals surface area contributed by atoms with E-state index >= 15 is 0 Å². The van der Waals surface area contributed by atoms with Gasteiger partial charge in [-0.15, -0.1) is 0 Å². The molecule has 0 aliphatic carbocycles. The van der Waals surface area contributed by atoms with Gasteiger partial charge in [-0.2, -0.15) is 5.10 Å². The minimum Gasteiger partial charge on any atom is -0.280 e. The van der Waals surface area contributed by atoms with Gasteiger partial charge < -0.3 is 0 Å². The molecule has 1 aromatic heterocycles. The van der Waals surface area contributed by atoms with Crippen molar-refractivity contribution in [2.45, 2.75) is 13.0 Å². The fourth-order valence-corrected chi connectivity index (χ4v) is 3.37. The Balaban J connectivity index is 1.62. The van der Waals surface area contributed by atoms with Crippen molar-refractivity contribution in [3.8, 4) is 11.4 Å². The first-order valence-corrected chi connectivity index (χ1v) is 10.3. The topological polar surface area (TPSA) is 76.3 Å². The van der Waals surface area contributed by atoms with Gasteiger partial charge in [0.2, 0.25) is 0 Å². The lowest BCUT2D eigenvalue weighted by Crippen LogP contribution is -2.35. The molecular weight excluding hydrogens is 400 g/mol. The molecule has 0 saturated carbocycles. The molecule has 4 aromatic rings. The molecule has 0 radical (unpaired) electrons. The first kappa shape index (κ1) is 20.9. The summed E-state index contributed by atoms with van der Waals surface area (Å²) in [6, 6.07) is 25.4. The number of rotatable bonds is 6. The quantitative estimate of drug-likeness (QED) is 0.369. The molecule has 0 saturated heterocycles. The Morgan fingerprint density at radius 3 is 2.38 bits per heavy atom. The van der Waals surface area contributed by atoms with Gasteiger partial charge in [-0.05, 0) is 30.7 Å². The van der Waals surface area contributed by atoms with E-state index in [0.29, 0.717) is 16.7 Å². The largest absolute Gasteiger partial charge is 0.280 e. The molecule has 1 heterocycles. The number of nitrogens with zero attached hydrogens (tertiary/aromatic N) is 3. The summed E-state index contributed by atoms with van der Waals surface area (Å²) in [6.07, 6.45) is 5.11. The zero-order valence-electron chi connectivity index (χ0n) is 17.6. The van der Waals surface area contributed by atoms with Crippen molar-refractivity contribution < 1.29 is 4.79 Å². The highest BCUT2D eigenvalue weighted by Crippen LogP contribution is 2.21. The van der Waals surface area contributed by atoms with E-state index in [1.165, 1.54) is 10.8 Å². The molecule has 1 amide bonds. The summed E-state index contributed by atoms with van der Waals surface area (Å²) in [5.74, 6) is 0.0237. The normalized spacial score (nSPS) is 12.4. The Labute approximate surface area is 185 Å². The lowest BCUT2D eigenvalue weighted by molar-refractivity contribution is -0.123. The average molecular weight is 422 g/mol. The van der Waals surface area contributed by atoms with E-state index in [2.05, 4.69) is 15.5 Å². The predicted octanol–water partition coefficient (Wildman–Crippen LogP) is 4.44. The monoisotopic (exact) mass is 422 g/mol. The first-order chi connectivity index (χ1) is 15.6. The highest BCUT2D eigenvalue weighted by Gasteiger charge is 2.22. The van der Waals surface area contributed by atoms with Crippen LogP contribution in [-0.4, -0.2) is 21.7 Å². The Kier molecular flexibility index (Phi) is 6.32. The van der Waals surface area contributed by atoms with Crippen LogP contribution >= 0.6 is 0 Å². The molecule has 32 heavy (non-hydrogen) atoms. The maximum absolute atomic E-state index is 13.3. The van der Waals surface area contributed by atoms with Crippen LogP contribution in [0.25, 0.3) is 28.4 Å². The van der Waals surface area contributed by atoms with E-state index < -0.39 is 11.9 Å². The number of benzene rings is 3. The molecule has 158 valence electrons. The summed E-state index contributed by atoms with van der Waals surface area (Å²) < 4.78 is 1.42. The molecule has 4 rings (SSSR count). The van der Waals surface area contributed by atoms with E-state index in [-0.39, 0.29) is 5.56 Å². The molecule has 0 bridgehead atoms. The van der Waals surface area contributed by atoms with Gasteiger partial charge in [-0.25, -0.2) is 10.4 Å². The fourth-order valence-electron chi connectivity index (χ4n) is 3.37. The van der Waals surface area contributed by atoms with Gasteiger partial charge in [-0.3, -0.25) is 14.2 Å². The number of carbonyl (C=O) groups excluding carboxylic acids is 1. The van der Waals surface area contributed by atoms with Gasteiger partial charge in [0.1, 0.15) is 11.9 Å². The van der Waals surface area contributed by atoms with Crippen molar-refractivity contribution in [3.05, 3.63) is 107 Å². The van der Waals surface area contributed by atoms with Gasteiger partial charge in [-0.1, -0.05) is 78.9 Å². The second-order valence-corrected chi connectivity index (χ2v) is 7.19. The molecule has 6 nitrogen and oxygen atoms in total. The van der Waals surface area contributed by atoms with Crippen molar-refractivity contribution in [2.24, 2.45) is 5.10 Å². The Morgan fingerprint density at radius 1 is 0.969 bits per heavy atom. The number of allylic oxidation sites excluding steroid dienone is 1. The highest BCUT2D eigenvalue weighted by molar-refractivity contribution is 5.85. The lowest BCUT2D eigenvalue weighted by atomic mass is 10.1. The van der Waals surface area contributed by atoms with Crippen LogP contribution < -0.4 is 11.0 Å². The summed E-state index contributed by atoms with van der Waals surface area (Å²) in [6.45, 7) is 1.66. The number of hydrogen-bond donors (Lipinski definition) is 1. The van der Waals surface area contributed by atoms with Crippen LogP contribution in [0.2, 0.25) is 0 Å². The van der Waals surface area contributed by atoms with Crippen LogP contribution in [0.1, 0.15) is 18.5 Å². The zero-order valence-corrected chi connectivity index (χ0v) is 17.6. The SMILES string of the molecule is C[C@H](C(=O)N/N=C\C=C\c1ccccc1)n1c(-c2ccccc2)nc2ccccc2c1=O. The molecule has 3 aromatic carbocycles. The molecule has 1 N–H and O–H groups in total. The van der Waals surface area contributed by atoms with Gasteiger partial charge in [0, 0.05) is 11.8 Å². The Morgan fingerprint density at radius 2 is 1.62 bits per heavy atom. The second-order valence-electron chi connectivity index (χ2n) is 7.19. The minimum atomic E-state index is -0.815. The summed E-state index contributed by atoms with van der Waals surface area (Å²) >= 11 is 0. The highest BCUT2D eigenvalue weighted by atomic mass is 16.2. The van der Waals surface area contributed by atoms with E-state index in [1.807, 2.05) is 72.8 Å². The molecule has 0 aliphatic heterocycles. The average Bonchev–Trinajstić information content (AvgIpc) is 2.84. The number of fused-ring (bicyclic) bond motifs is 1. The van der Waals surface area contributed by atoms with E-state index in [9.17, 15) is 9.59 Å². The molecule has 0 aliphatic rings. The molecule has 0 fully saturated rings. The third kappa shape index (κ3) is 4.54. The fraction of sp³-hybridized carbons (Fsp3) is 0.0769. The van der Waals surface area contributed by atoms with Gasteiger partial charge >= 0.3 is 0 Å². The summed E-state index contributed by atoms with van der Waals surface area (Å²) in [7, 11) is 0. The Hall–Kier alpha value is -4.32. The van der Waals surface area contributed by atoms with Crippen LogP contribution in [0.5, 0.6) is 0 Å². The van der Waals surface area contributed by atoms with Crippen LogP contribution in [0.3, 0.4) is 0 Å². The van der Waals surface area contributed by atoms with E-state index in [4.69, 9.17) is 0 Å². The minimum absolute atomic E-state index is 0.273. The van der Waals surface area contributed by atoms with Gasteiger partial charge in [0.15, 0.2) is 0 Å². The van der Waals surface area contributed by atoms with Gasteiger partial charge in [0.25, 0.3) is 11.5 Å².